The Kier molecular flexibility index (Phi) is 11.7. The number of aliphatic carboxylic acids is 1. The molecule has 0 aliphatic rings. The number of hydrogen-bond acceptors (Lipinski definition) is 4. The first-order chi connectivity index (χ1) is 15.7. The number of amides is 4. The van der Waals surface area contributed by atoms with Crippen LogP contribution in [-0.2, 0) is 14.4 Å². The average Bonchev–Trinajstić information content (AvgIpc) is 2.76. The predicted octanol–water partition coefficient (Wildman–Crippen LogP) is 4.36. The van der Waals surface area contributed by atoms with Gasteiger partial charge in [-0.25, -0.2) is 4.79 Å². The topological polar surface area (TPSA) is 137 Å². The fourth-order valence-corrected chi connectivity index (χ4v) is 2.75. The molecule has 0 aromatic heterocycles. The van der Waals surface area contributed by atoms with E-state index in [4.69, 9.17) is 5.11 Å². The minimum Gasteiger partial charge on any atom is -0.481 e. The minimum atomic E-state index is -1.00. The van der Waals surface area contributed by atoms with Crippen molar-refractivity contribution in [3.05, 3.63) is 54.1 Å². The van der Waals surface area contributed by atoms with E-state index in [1.807, 2.05) is 39.0 Å². The Morgan fingerprint density at radius 3 is 1.94 bits per heavy atom. The van der Waals surface area contributed by atoms with Crippen molar-refractivity contribution < 1.29 is 24.3 Å². The van der Waals surface area contributed by atoms with Gasteiger partial charge in [0.15, 0.2) is 0 Å². The molecule has 0 saturated heterocycles. The third-order valence-electron chi connectivity index (χ3n) is 4.29. The smallest absolute Gasteiger partial charge is 0.323 e. The van der Waals surface area contributed by atoms with Crippen LogP contribution in [-0.4, -0.2) is 35.0 Å². The van der Waals surface area contributed by atoms with E-state index in [9.17, 15) is 19.2 Å². The molecule has 4 amide bonds. The Morgan fingerprint density at radius 2 is 1.36 bits per heavy atom. The second-order valence-electron chi connectivity index (χ2n) is 7.09. The quantitative estimate of drug-likeness (QED) is 0.382. The Bertz CT molecular complexity index is 944. The number of nitrogens with one attached hydrogen (secondary N) is 4. The SMILES string of the molecule is CC.Cc1ccccc1NC(=O)Nc1ccc(NC(=O)CCC(=O)N[C@H](C)CC(=O)O)cc1. The summed E-state index contributed by atoms with van der Waals surface area (Å²) in [5.74, 6) is -1.74. The van der Waals surface area contributed by atoms with E-state index in [1.165, 1.54) is 0 Å². The van der Waals surface area contributed by atoms with Crippen molar-refractivity contribution >= 4 is 40.9 Å². The second-order valence-corrected chi connectivity index (χ2v) is 7.09. The summed E-state index contributed by atoms with van der Waals surface area (Å²) in [6.07, 6.45) is -0.264. The summed E-state index contributed by atoms with van der Waals surface area (Å²) in [6, 6.07) is 13.1. The zero-order chi connectivity index (χ0) is 24.8. The van der Waals surface area contributed by atoms with Gasteiger partial charge in [-0.05, 0) is 49.7 Å². The molecule has 0 fully saturated rings. The van der Waals surface area contributed by atoms with Gasteiger partial charge in [-0.2, -0.15) is 0 Å². The number of aryl methyl sites for hydroxylation is 1. The highest BCUT2D eigenvalue weighted by Gasteiger charge is 2.12. The maximum atomic E-state index is 12.1. The molecule has 9 nitrogen and oxygen atoms in total. The van der Waals surface area contributed by atoms with E-state index in [2.05, 4.69) is 21.3 Å². The van der Waals surface area contributed by atoms with Crippen LogP contribution in [0.2, 0.25) is 0 Å². The van der Waals surface area contributed by atoms with Crippen molar-refractivity contribution in [2.24, 2.45) is 0 Å². The number of carboxylic acids is 1. The van der Waals surface area contributed by atoms with Crippen molar-refractivity contribution in [3.8, 4) is 0 Å². The number of urea groups is 1. The normalized spacial score (nSPS) is 10.7. The van der Waals surface area contributed by atoms with Gasteiger partial charge in [0.25, 0.3) is 0 Å². The van der Waals surface area contributed by atoms with Gasteiger partial charge in [0, 0.05) is 35.9 Å². The summed E-state index contributed by atoms with van der Waals surface area (Å²) >= 11 is 0. The Hall–Kier alpha value is -3.88. The molecule has 2 rings (SSSR count). The molecular formula is C24H32N4O5. The maximum Gasteiger partial charge on any atom is 0.323 e. The Morgan fingerprint density at radius 1 is 0.818 bits per heavy atom. The molecule has 9 heteroatoms. The highest BCUT2D eigenvalue weighted by molar-refractivity contribution is 6.00. The summed E-state index contributed by atoms with van der Waals surface area (Å²) < 4.78 is 0. The number of benzene rings is 2. The number of rotatable bonds is 9. The van der Waals surface area contributed by atoms with Crippen molar-refractivity contribution in [1.82, 2.24) is 5.32 Å². The summed E-state index contributed by atoms with van der Waals surface area (Å²) in [4.78, 5) is 46.5. The number of anilines is 3. The molecule has 0 saturated carbocycles. The first-order valence-corrected chi connectivity index (χ1v) is 10.8. The van der Waals surface area contributed by atoms with Gasteiger partial charge >= 0.3 is 12.0 Å². The maximum absolute atomic E-state index is 12.1. The summed E-state index contributed by atoms with van der Waals surface area (Å²) in [7, 11) is 0. The van der Waals surface area contributed by atoms with Crippen LogP contribution in [0.1, 0.15) is 45.6 Å². The van der Waals surface area contributed by atoms with Crippen LogP contribution in [0, 0.1) is 6.92 Å². The van der Waals surface area contributed by atoms with Crippen LogP contribution in [0.15, 0.2) is 48.5 Å². The monoisotopic (exact) mass is 456 g/mol. The highest BCUT2D eigenvalue weighted by atomic mass is 16.4. The van der Waals surface area contributed by atoms with Gasteiger partial charge in [-0.3, -0.25) is 14.4 Å². The molecule has 0 unspecified atom stereocenters. The standard InChI is InChI=1S/C22H26N4O5.C2H6/c1-14-5-3-4-6-18(14)26-22(31)25-17-9-7-16(8-10-17)24-20(28)12-11-19(27)23-15(2)13-21(29)30;1-2/h3-10,15H,11-13H2,1-2H3,(H,23,27)(H,24,28)(H,29,30)(H2,25,26,31);1-2H3/t15-;/m1./s1. The number of para-hydroxylation sites is 1. The van der Waals surface area contributed by atoms with Crippen molar-refractivity contribution in [2.45, 2.75) is 53.0 Å². The largest absolute Gasteiger partial charge is 0.481 e. The van der Waals surface area contributed by atoms with E-state index in [-0.39, 0.29) is 37.1 Å². The molecule has 5 N–H and O–H groups in total. The van der Waals surface area contributed by atoms with E-state index < -0.39 is 12.0 Å². The second kappa shape index (κ2) is 14.2. The first-order valence-electron chi connectivity index (χ1n) is 10.8. The lowest BCUT2D eigenvalue weighted by Gasteiger charge is -2.12. The van der Waals surface area contributed by atoms with Crippen LogP contribution in [0.25, 0.3) is 0 Å². The fourth-order valence-electron chi connectivity index (χ4n) is 2.75. The van der Waals surface area contributed by atoms with Gasteiger partial charge in [-0.15, -0.1) is 0 Å². The molecule has 0 radical (unpaired) electrons. The third-order valence-corrected chi connectivity index (χ3v) is 4.29. The van der Waals surface area contributed by atoms with Crippen LogP contribution < -0.4 is 21.3 Å². The molecule has 33 heavy (non-hydrogen) atoms. The van der Waals surface area contributed by atoms with Gasteiger partial charge in [0.2, 0.25) is 11.8 Å². The fraction of sp³-hybridized carbons (Fsp3) is 0.333. The van der Waals surface area contributed by atoms with Gasteiger partial charge in [0.1, 0.15) is 0 Å². The van der Waals surface area contributed by atoms with E-state index in [0.29, 0.717) is 17.1 Å². The molecule has 2 aromatic rings. The lowest BCUT2D eigenvalue weighted by molar-refractivity contribution is -0.137. The van der Waals surface area contributed by atoms with Crippen molar-refractivity contribution in [1.29, 1.82) is 0 Å². The minimum absolute atomic E-state index is 0.0372. The predicted molar refractivity (Wildman–Crippen MR) is 129 cm³/mol. The molecule has 0 aliphatic heterocycles. The van der Waals surface area contributed by atoms with Crippen LogP contribution in [0.5, 0.6) is 0 Å². The van der Waals surface area contributed by atoms with Crippen LogP contribution in [0.3, 0.4) is 0 Å². The number of carbonyl (C=O) groups is 4. The Labute approximate surface area is 194 Å². The van der Waals surface area contributed by atoms with Crippen molar-refractivity contribution in [3.63, 3.8) is 0 Å². The molecule has 2 aromatic carbocycles. The average molecular weight is 457 g/mol. The number of hydrogen-bond donors (Lipinski definition) is 5. The summed E-state index contributed by atoms with van der Waals surface area (Å²) in [5.41, 5.74) is 2.73. The molecule has 0 aliphatic carbocycles. The number of carboxylic acid groups (broad SMARTS) is 1. The van der Waals surface area contributed by atoms with Gasteiger partial charge < -0.3 is 26.4 Å². The third kappa shape index (κ3) is 10.8. The summed E-state index contributed by atoms with van der Waals surface area (Å²) in [6.45, 7) is 7.48. The van der Waals surface area contributed by atoms with Gasteiger partial charge in [-0.1, -0.05) is 32.0 Å². The molecular weight excluding hydrogens is 424 g/mol. The Balaban J connectivity index is 0.00000265. The van der Waals surface area contributed by atoms with Gasteiger partial charge in [0.05, 0.1) is 6.42 Å². The first kappa shape index (κ1) is 27.2. The lowest BCUT2D eigenvalue weighted by Crippen LogP contribution is -2.34. The van der Waals surface area contributed by atoms with Crippen LogP contribution >= 0.6 is 0 Å². The molecule has 1 atom stereocenters. The molecule has 0 bridgehead atoms. The van der Waals surface area contributed by atoms with E-state index >= 15 is 0 Å². The van der Waals surface area contributed by atoms with E-state index in [0.717, 1.165) is 5.56 Å². The molecule has 0 heterocycles. The lowest BCUT2D eigenvalue weighted by atomic mass is 10.2. The van der Waals surface area contributed by atoms with Crippen LogP contribution in [0.4, 0.5) is 21.9 Å². The zero-order valence-electron chi connectivity index (χ0n) is 19.4. The van der Waals surface area contributed by atoms with Crippen molar-refractivity contribution in [2.75, 3.05) is 16.0 Å². The number of carbonyl (C=O) groups excluding carboxylic acids is 3. The zero-order valence-corrected chi connectivity index (χ0v) is 19.4. The molecule has 178 valence electrons. The summed E-state index contributed by atoms with van der Waals surface area (Å²) in [5, 5.41) is 19.4. The molecule has 0 spiro atoms. The van der Waals surface area contributed by atoms with E-state index in [1.54, 1.807) is 37.3 Å². The highest BCUT2D eigenvalue weighted by Crippen LogP contribution is 2.16.